The summed E-state index contributed by atoms with van der Waals surface area (Å²) in [5.41, 5.74) is 2.21. The van der Waals surface area contributed by atoms with Crippen molar-refractivity contribution in [3.05, 3.63) is 71.3 Å². The van der Waals surface area contributed by atoms with Crippen LogP contribution in [0.4, 0.5) is 4.79 Å². The van der Waals surface area contributed by atoms with Crippen LogP contribution in [-0.4, -0.2) is 26.0 Å². The Bertz CT molecular complexity index is 711. The first-order valence-electron chi connectivity index (χ1n) is 7.47. The summed E-state index contributed by atoms with van der Waals surface area (Å²) >= 11 is 0. The molecule has 0 heterocycles. The van der Waals surface area contributed by atoms with Gasteiger partial charge in [0.15, 0.2) is 6.29 Å². The van der Waals surface area contributed by atoms with E-state index in [1.807, 2.05) is 30.3 Å². The highest BCUT2D eigenvalue weighted by atomic mass is 16.5. The number of aldehydes is 1. The fourth-order valence-electron chi connectivity index (χ4n) is 2.03. The van der Waals surface area contributed by atoms with Gasteiger partial charge < -0.3 is 14.8 Å². The van der Waals surface area contributed by atoms with Crippen LogP contribution < -0.4 is 10.1 Å². The molecule has 0 atom stereocenters. The molecule has 0 unspecified atom stereocenters. The number of nitrogens with one attached hydrogen (secondary N) is 1. The Morgan fingerprint density at radius 2 is 1.92 bits per heavy atom. The van der Waals surface area contributed by atoms with Crippen molar-refractivity contribution in [3.8, 4) is 5.75 Å². The predicted molar refractivity (Wildman–Crippen MR) is 92.0 cm³/mol. The summed E-state index contributed by atoms with van der Waals surface area (Å²) < 4.78 is 10.2. The van der Waals surface area contributed by atoms with Crippen LogP contribution >= 0.6 is 0 Å². The largest absolute Gasteiger partial charge is 0.497 e. The fraction of sp³-hybridized carbons (Fsp3) is 0.158. The number of amides is 1. The summed E-state index contributed by atoms with van der Waals surface area (Å²) in [6.07, 6.45) is 3.78. The molecule has 2 aromatic rings. The molecule has 0 spiro atoms. The second-order valence-electron chi connectivity index (χ2n) is 4.96. The van der Waals surface area contributed by atoms with Crippen LogP contribution in [0.2, 0.25) is 0 Å². The maximum Gasteiger partial charge on any atom is 0.407 e. The molecule has 0 saturated carbocycles. The second-order valence-corrected chi connectivity index (χ2v) is 4.96. The topological polar surface area (TPSA) is 64.6 Å². The van der Waals surface area contributed by atoms with Gasteiger partial charge in [-0.3, -0.25) is 4.79 Å². The highest BCUT2D eigenvalue weighted by molar-refractivity contribution is 5.82. The average Bonchev–Trinajstić information content (AvgIpc) is 2.64. The molecule has 0 bridgehead atoms. The number of carbonyl (C=O) groups excluding carboxylic acids is 2. The van der Waals surface area contributed by atoms with Gasteiger partial charge in [-0.05, 0) is 29.3 Å². The van der Waals surface area contributed by atoms with Crippen molar-refractivity contribution in [1.82, 2.24) is 5.32 Å². The molecule has 0 radical (unpaired) electrons. The Hall–Kier alpha value is -3.08. The van der Waals surface area contributed by atoms with Crippen molar-refractivity contribution in [2.24, 2.45) is 0 Å². The minimum absolute atomic E-state index is 0.224. The fourth-order valence-corrected chi connectivity index (χ4v) is 2.03. The van der Waals surface area contributed by atoms with Crippen LogP contribution in [0.15, 0.2) is 54.6 Å². The van der Waals surface area contributed by atoms with Gasteiger partial charge in [-0.2, -0.15) is 0 Å². The molecule has 24 heavy (non-hydrogen) atoms. The number of hydrogen-bond acceptors (Lipinski definition) is 4. The molecule has 0 aliphatic rings. The van der Waals surface area contributed by atoms with E-state index in [0.717, 1.165) is 17.4 Å². The Morgan fingerprint density at radius 3 is 2.62 bits per heavy atom. The van der Waals surface area contributed by atoms with Gasteiger partial charge in [-0.25, -0.2) is 4.79 Å². The number of methoxy groups -OCH3 is 1. The Morgan fingerprint density at radius 1 is 1.12 bits per heavy atom. The van der Waals surface area contributed by atoms with Crippen molar-refractivity contribution in [2.45, 2.75) is 6.61 Å². The Balaban J connectivity index is 1.81. The van der Waals surface area contributed by atoms with E-state index in [4.69, 9.17) is 9.47 Å². The highest BCUT2D eigenvalue weighted by Gasteiger charge is 2.02. The molecule has 1 amide bonds. The molecule has 2 aromatic carbocycles. The minimum atomic E-state index is -0.496. The van der Waals surface area contributed by atoms with Gasteiger partial charge >= 0.3 is 6.09 Å². The molecule has 0 aliphatic heterocycles. The maximum absolute atomic E-state index is 11.6. The molecule has 0 aromatic heterocycles. The van der Waals surface area contributed by atoms with E-state index in [0.29, 0.717) is 17.9 Å². The maximum atomic E-state index is 11.6. The third-order valence-corrected chi connectivity index (χ3v) is 3.30. The van der Waals surface area contributed by atoms with Gasteiger partial charge in [-0.15, -0.1) is 0 Å². The number of benzene rings is 2. The highest BCUT2D eigenvalue weighted by Crippen LogP contribution is 2.17. The lowest BCUT2D eigenvalue weighted by molar-refractivity contribution is 0.112. The van der Waals surface area contributed by atoms with E-state index in [9.17, 15) is 9.59 Å². The predicted octanol–water partition coefficient (Wildman–Crippen LogP) is 3.45. The zero-order chi connectivity index (χ0) is 17.2. The van der Waals surface area contributed by atoms with Crippen LogP contribution in [0, 0.1) is 0 Å². The van der Waals surface area contributed by atoms with E-state index in [1.54, 1.807) is 37.5 Å². The monoisotopic (exact) mass is 325 g/mol. The summed E-state index contributed by atoms with van der Waals surface area (Å²) in [4.78, 5) is 22.6. The van der Waals surface area contributed by atoms with Gasteiger partial charge in [0.2, 0.25) is 0 Å². The van der Waals surface area contributed by atoms with Crippen molar-refractivity contribution in [3.63, 3.8) is 0 Å². The lowest BCUT2D eigenvalue weighted by Gasteiger charge is -2.06. The quantitative estimate of drug-likeness (QED) is 0.792. The zero-order valence-corrected chi connectivity index (χ0v) is 13.4. The third-order valence-electron chi connectivity index (χ3n) is 3.30. The lowest BCUT2D eigenvalue weighted by atomic mass is 10.1. The van der Waals surface area contributed by atoms with Gasteiger partial charge in [0.1, 0.15) is 12.4 Å². The first kappa shape index (κ1) is 17.3. The van der Waals surface area contributed by atoms with Crippen LogP contribution in [0.5, 0.6) is 5.75 Å². The Labute approximate surface area is 140 Å². The van der Waals surface area contributed by atoms with Crippen molar-refractivity contribution >= 4 is 18.5 Å². The molecule has 2 rings (SSSR count). The lowest BCUT2D eigenvalue weighted by Crippen LogP contribution is -2.24. The van der Waals surface area contributed by atoms with Crippen LogP contribution in [0.25, 0.3) is 6.08 Å². The van der Waals surface area contributed by atoms with Crippen LogP contribution in [0.3, 0.4) is 0 Å². The number of alkyl carbamates (subject to hydrolysis) is 1. The summed E-state index contributed by atoms with van der Waals surface area (Å²) in [6, 6.07) is 14.6. The van der Waals surface area contributed by atoms with Crippen molar-refractivity contribution < 1.29 is 19.1 Å². The third kappa shape index (κ3) is 5.28. The normalized spacial score (nSPS) is 10.4. The van der Waals surface area contributed by atoms with Gasteiger partial charge in [0, 0.05) is 12.1 Å². The molecular weight excluding hydrogens is 306 g/mol. The molecule has 124 valence electrons. The molecule has 0 saturated heterocycles. The van der Waals surface area contributed by atoms with E-state index in [-0.39, 0.29) is 6.61 Å². The van der Waals surface area contributed by atoms with Crippen LogP contribution in [-0.2, 0) is 11.3 Å². The molecule has 0 fully saturated rings. The molecule has 0 aliphatic carbocycles. The van der Waals surface area contributed by atoms with Gasteiger partial charge in [-0.1, -0.05) is 42.5 Å². The standard InChI is InChI=1S/C19H19NO4/c1-23-18-10-9-17(13-21)16(12-18)8-5-11-20-19(22)24-14-15-6-3-2-4-7-15/h2-10,12-13H,11,14H2,1H3,(H,20,22). The smallest absolute Gasteiger partial charge is 0.407 e. The van der Waals surface area contributed by atoms with E-state index in [1.165, 1.54) is 0 Å². The van der Waals surface area contributed by atoms with E-state index >= 15 is 0 Å². The van der Waals surface area contributed by atoms with Crippen LogP contribution in [0.1, 0.15) is 21.5 Å². The van der Waals surface area contributed by atoms with Gasteiger partial charge in [0.05, 0.1) is 7.11 Å². The summed E-state index contributed by atoms with van der Waals surface area (Å²) in [5.74, 6) is 0.662. The summed E-state index contributed by atoms with van der Waals surface area (Å²) in [5, 5.41) is 2.62. The number of rotatable bonds is 7. The average molecular weight is 325 g/mol. The number of ether oxygens (including phenoxy) is 2. The molecule has 5 nitrogen and oxygen atoms in total. The second kappa shape index (κ2) is 9.15. The molecular formula is C19H19NO4. The van der Waals surface area contributed by atoms with Crippen molar-refractivity contribution in [1.29, 1.82) is 0 Å². The molecule has 1 N–H and O–H groups in total. The van der Waals surface area contributed by atoms with E-state index in [2.05, 4.69) is 5.32 Å². The SMILES string of the molecule is COc1ccc(C=O)c(C=CCNC(=O)OCc2ccccc2)c1. The van der Waals surface area contributed by atoms with Gasteiger partial charge in [0.25, 0.3) is 0 Å². The first-order chi connectivity index (χ1) is 11.7. The number of hydrogen-bond donors (Lipinski definition) is 1. The minimum Gasteiger partial charge on any atom is -0.497 e. The van der Waals surface area contributed by atoms with Crippen molar-refractivity contribution in [2.75, 3.05) is 13.7 Å². The first-order valence-corrected chi connectivity index (χ1v) is 7.47. The Kier molecular flexibility index (Phi) is 6.58. The summed E-state index contributed by atoms with van der Waals surface area (Å²) in [6.45, 7) is 0.519. The zero-order valence-electron chi connectivity index (χ0n) is 13.4. The van der Waals surface area contributed by atoms with E-state index < -0.39 is 6.09 Å². The summed E-state index contributed by atoms with van der Waals surface area (Å²) in [7, 11) is 1.56. The number of carbonyl (C=O) groups is 2. The molecule has 5 heteroatoms.